The average molecular weight is 581 g/mol. The maximum absolute atomic E-state index is 13.0. The van der Waals surface area contributed by atoms with E-state index in [1.54, 1.807) is 36.7 Å². The predicted molar refractivity (Wildman–Crippen MR) is 173 cm³/mol. The lowest BCUT2D eigenvalue weighted by Gasteiger charge is -2.23. The summed E-state index contributed by atoms with van der Waals surface area (Å²) >= 11 is 0. The maximum Gasteiger partial charge on any atom is 0.343 e. The number of benzene rings is 4. The lowest BCUT2D eigenvalue weighted by Crippen LogP contribution is -2.26. The number of aromatic nitrogens is 1. The van der Waals surface area contributed by atoms with Crippen LogP contribution in [-0.4, -0.2) is 16.6 Å². The fraction of sp³-hybridized carbons (Fsp3) is 0.105. The Kier molecular flexibility index (Phi) is 8.90. The number of rotatable bonds is 11. The summed E-state index contributed by atoms with van der Waals surface area (Å²) in [6.07, 6.45) is 3.78. The van der Waals surface area contributed by atoms with E-state index in [0.717, 1.165) is 27.8 Å². The van der Waals surface area contributed by atoms with Gasteiger partial charge in [0.2, 0.25) is 0 Å². The summed E-state index contributed by atoms with van der Waals surface area (Å²) in [7, 11) is 0. The number of nitrogens with zero attached hydrogens (tertiary/aromatic N) is 1. The second-order valence-corrected chi connectivity index (χ2v) is 10.4. The fourth-order valence-corrected chi connectivity index (χ4v) is 5.27. The van der Waals surface area contributed by atoms with Gasteiger partial charge in [-0.05, 0) is 59.0 Å². The van der Waals surface area contributed by atoms with Gasteiger partial charge >= 0.3 is 5.63 Å². The minimum Gasteiger partial charge on any atom is -0.507 e. The Morgan fingerprint density at radius 2 is 1.52 bits per heavy atom. The monoisotopic (exact) mass is 580 g/mol. The van der Waals surface area contributed by atoms with E-state index in [2.05, 4.69) is 46.7 Å². The highest BCUT2D eigenvalue weighted by Gasteiger charge is 2.19. The van der Waals surface area contributed by atoms with Gasteiger partial charge in [-0.15, -0.1) is 0 Å². The van der Waals surface area contributed by atoms with Crippen LogP contribution in [0.4, 0.5) is 0 Å². The Labute approximate surface area is 256 Å². The molecule has 4 aromatic carbocycles. The molecule has 2 aromatic heterocycles. The molecule has 0 aliphatic heterocycles. The molecule has 6 rings (SSSR count). The number of nitrogens with one attached hydrogen (secondary N) is 1. The summed E-state index contributed by atoms with van der Waals surface area (Å²) in [4.78, 5) is 17.1. The first-order valence-corrected chi connectivity index (χ1v) is 14.6. The van der Waals surface area contributed by atoms with Gasteiger partial charge < -0.3 is 19.6 Å². The van der Waals surface area contributed by atoms with Crippen molar-refractivity contribution in [3.63, 3.8) is 0 Å². The van der Waals surface area contributed by atoms with Crippen molar-refractivity contribution in [3.05, 3.63) is 172 Å². The summed E-state index contributed by atoms with van der Waals surface area (Å²) in [5.41, 5.74) is 5.81. The first-order chi connectivity index (χ1) is 21.7. The number of hydrogen-bond donors (Lipinski definition) is 2. The van der Waals surface area contributed by atoms with Crippen molar-refractivity contribution < 1.29 is 14.3 Å². The molecular weight excluding hydrogens is 548 g/mol. The van der Waals surface area contributed by atoms with Crippen molar-refractivity contribution in [2.75, 3.05) is 6.54 Å². The first-order valence-electron chi connectivity index (χ1n) is 14.6. The number of ether oxygens (including phenoxy) is 1. The van der Waals surface area contributed by atoms with E-state index in [9.17, 15) is 9.90 Å². The number of pyridine rings is 1. The topological polar surface area (TPSA) is 84.6 Å². The van der Waals surface area contributed by atoms with Crippen LogP contribution in [0, 0.1) is 0 Å². The Morgan fingerprint density at radius 1 is 0.795 bits per heavy atom. The van der Waals surface area contributed by atoms with Crippen LogP contribution in [0.5, 0.6) is 11.5 Å². The summed E-state index contributed by atoms with van der Waals surface area (Å²) in [6, 6.07) is 41.2. The van der Waals surface area contributed by atoms with Gasteiger partial charge in [0.1, 0.15) is 23.9 Å². The van der Waals surface area contributed by atoms with Crippen LogP contribution in [0.1, 0.15) is 28.3 Å². The molecule has 0 saturated heterocycles. The van der Waals surface area contributed by atoms with Gasteiger partial charge in [-0.25, -0.2) is 4.79 Å². The summed E-state index contributed by atoms with van der Waals surface area (Å²) in [5, 5.41) is 14.5. The molecule has 0 fully saturated rings. The third-order valence-electron chi connectivity index (χ3n) is 7.51. The van der Waals surface area contributed by atoms with E-state index in [1.165, 1.54) is 6.07 Å². The van der Waals surface area contributed by atoms with Gasteiger partial charge in [-0.2, -0.15) is 0 Å². The molecule has 2 heterocycles. The summed E-state index contributed by atoms with van der Waals surface area (Å²) in [5.74, 6) is 0.881. The Hall–Kier alpha value is -5.46. The number of aromatic hydroxyl groups is 1. The third kappa shape index (κ3) is 6.77. The molecular formula is C38H32N2O4. The molecule has 0 spiro atoms. The molecule has 2 N–H and O–H groups in total. The predicted octanol–water partition coefficient (Wildman–Crippen LogP) is 7.58. The molecule has 0 bridgehead atoms. The van der Waals surface area contributed by atoms with Crippen LogP contribution in [0.3, 0.4) is 0 Å². The molecule has 0 aliphatic rings. The second-order valence-electron chi connectivity index (χ2n) is 10.4. The van der Waals surface area contributed by atoms with Crippen molar-refractivity contribution in [2.24, 2.45) is 0 Å². The molecule has 44 heavy (non-hydrogen) atoms. The van der Waals surface area contributed by atoms with Crippen molar-refractivity contribution in [2.45, 2.75) is 19.1 Å². The Bertz CT molecular complexity index is 1860. The Balaban J connectivity index is 1.17. The molecule has 6 nitrogen and oxygen atoms in total. The Morgan fingerprint density at radius 3 is 2.25 bits per heavy atom. The van der Waals surface area contributed by atoms with Crippen molar-refractivity contribution in [1.29, 1.82) is 0 Å². The minimum absolute atomic E-state index is 0.0871. The SMILES string of the molecule is O=c1oc(-c2ccc(OCc3cccnc3)cc2)cc(O)c1CCNC(c1ccccc1)c1ccccc1-c1ccccc1. The van der Waals surface area contributed by atoms with E-state index < -0.39 is 5.63 Å². The highest BCUT2D eigenvalue weighted by Crippen LogP contribution is 2.32. The van der Waals surface area contributed by atoms with Gasteiger partial charge in [0.25, 0.3) is 0 Å². The molecule has 0 saturated carbocycles. The molecule has 0 amide bonds. The molecule has 1 unspecified atom stereocenters. The molecule has 1 atom stereocenters. The van der Waals surface area contributed by atoms with E-state index >= 15 is 0 Å². The summed E-state index contributed by atoms with van der Waals surface area (Å²) < 4.78 is 11.5. The van der Waals surface area contributed by atoms with Crippen LogP contribution in [-0.2, 0) is 13.0 Å². The quantitative estimate of drug-likeness (QED) is 0.164. The lowest BCUT2D eigenvalue weighted by molar-refractivity contribution is 0.306. The van der Waals surface area contributed by atoms with Crippen molar-refractivity contribution in [3.8, 4) is 33.9 Å². The normalized spacial score (nSPS) is 11.6. The van der Waals surface area contributed by atoms with Gasteiger partial charge in [0.15, 0.2) is 0 Å². The van der Waals surface area contributed by atoms with Crippen LogP contribution in [0.25, 0.3) is 22.5 Å². The maximum atomic E-state index is 13.0. The van der Waals surface area contributed by atoms with Gasteiger partial charge in [0, 0.05) is 36.1 Å². The molecule has 0 radical (unpaired) electrons. The van der Waals surface area contributed by atoms with E-state index in [4.69, 9.17) is 9.15 Å². The zero-order valence-electron chi connectivity index (χ0n) is 24.1. The average Bonchev–Trinajstić information content (AvgIpc) is 3.08. The van der Waals surface area contributed by atoms with Crippen molar-refractivity contribution in [1.82, 2.24) is 10.3 Å². The van der Waals surface area contributed by atoms with Crippen LogP contribution in [0.15, 0.2) is 149 Å². The number of hydrogen-bond acceptors (Lipinski definition) is 6. The summed E-state index contributed by atoms with van der Waals surface area (Å²) in [6.45, 7) is 0.845. The molecule has 6 heteroatoms. The zero-order chi connectivity index (χ0) is 30.1. The third-order valence-corrected chi connectivity index (χ3v) is 7.51. The first kappa shape index (κ1) is 28.6. The van der Waals surface area contributed by atoms with Crippen molar-refractivity contribution >= 4 is 0 Å². The van der Waals surface area contributed by atoms with Crippen LogP contribution < -0.4 is 15.7 Å². The van der Waals surface area contributed by atoms with E-state index in [-0.39, 0.29) is 17.4 Å². The zero-order valence-corrected chi connectivity index (χ0v) is 24.1. The van der Waals surface area contributed by atoms with Gasteiger partial charge in [-0.1, -0.05) is 91.0 Å². The fourth-order valence-electron chi connectivity index (χ4n) is 5.27. The molecule has 0 aliphatic carbocycles. The van der Waals surface area contributed by atoms with Gasteiger partial charge in [0.05, 0.1) is 11.6 Å². The molecule has 6 aromatic rings. The standard InChI is InChI=1S/C38H32N2O4/c41-35-24-36(29-17-19-31(20-18-29)43-26-27-10-9-22-39-25-27)44-38(42)34(35)21-23-40-37(30-13-5-2-6-14-30)33-16-8-7-15-32(33)28-11-3-1-4-12-28/h1-20,22,24-25,37,40-41H,21,23,26H2. The van der Waals surface area contributed by atoms with E-state index in [0.29, 0.717) is 36.6 Å². The van der Waals surface area contributed by atoms with Gasteiger partial charge in [-0.3, -0.25) is 4.98 Å². The van der Waals surface area contributed by atoms with Crippen LogP contribution >= 0.6 is 0 Å². The molecule has 218 valence electrons. The lowest BCUT2D eigenvalue weighted by atomic mass is 9.91. The highest BCUT2D eigenvalue weighted by atomic mass is 16.5. The largest absolute Gasteiger partial charge is 0.507 e. The highest BCUT2D eigenvalue weighted by molar-refractivity contribution is 5.68. The minimum atomic E-state index is -0.556. The van der Waals surface area contributed by atoms with Crippen LogP contribution in [0.2, 0.25) is 0 Å². The second kappa shape index (κ2) is 13.7. The smallest absolute Gasteiger partial charge is 0.343 e. The van der Waals surface area contributed by atoms with E-state index in [1.807, 2.05) is 60.7 Å².